The average molecular weight is 405 g/mol. The van der Waals surface area contributed by atoms with E-state index < -0.39 is 0 Å². The first kappa shape index (κ1) is 20.3. The zero-order valence-electron chi connectivity index (χ0n) is 18.0. The first-order chi connectivity index (χ1) is 14.5. The van der Waals surface area contributed by atoms with Crippen molar-refractivity contribution in [3.8, 4) is 17.6 Å². The van der Waals surface area contributed by atoms with Crippen molar-refractivity contribution in [1.82, 2.24) is 0 Å². The summed E-state index contributed by atoms with van der Waals surface area (Å²) in [6.45, 7) is 4.73. The van der Waals surface area contributed by atoms with Crippen LogP contribution in [0.25, 0.3) is 0 Å². The highest BCUT2D eigenvalue weighted by Crippen LogP contribution is 2.50. The summed E-state index contributed by atoms with van der Waals surface area (Å²) in [4.78, 5) is 4.77. The Morgan fingerprint density at radius 1 is 1.13 bits per heavy atom. The summed E-state index contributed by atoms with van der Waals surface area (Å²) in [7, 11) is 3.30. The molecule has 2 aromatic rings. The molecule has 0 amide bonds. The third-order valence-electron chi connectivity index (χ3n) is 6.19. The van der Waals surface area contributed by atoms with E-state index in [-0.39, 0.29) is 23.3 Å². The molecular weight excluding hydrogens is 376 g/mol. The SMILES string of the molecule is COc1ccc2c(c1OC)CC(c1ccccc1)C(CC1=NC(C)(C)CO1)C2C#N. The molecule has 30 heavy (non-hydrogen) atoms. The van der Waals surface area contributed by atoms with Gasteiger partial charge in [-0.2, -0.15) is 5.26 Å². The maximum atomic E-state index is 10.2. The number of benzene rings is 2. The van der Waals surface area contributed by atoms with Crippen LogP contribution >= 0.6 is 0 Å². The van der Waals surface area contributed by atoms with Crippen molar-refractivity contribution in [3.63, 3.8) is 0 Å². The molecule has 4 rings (SSSR count). The van der Waals surface area contributed by atoms with Crippen LogP contribution in [0.2, 0.25) is 0 Å². The molecule has 0 fully saturated rings. The fraction of sp³-hybridized carbons (Fsp3) is 0.440. The zero-order chi connectivity index (χ0) is 21.3. The van der Waals surface area contributed by atoms with Crippen LogP contribution in [0, 0.1) is 17.2 Å². The topological polar surface area (TPSA) is 63.8 Å². The van der Waals surface area contributed by atoms with Crippen molar-refractivity contribution in [2.45, 2.75) is 44.1 Å². The molecule has 156 valence electrons. The monoisotopic (exact) mass is 404 g/mol. The normalized spacial score (nSPS) is 24.2. The van der Waals surface area contributed by atoms with Gasteiger partial charge in [0, 0.05) is 12.0 Å². The zero-order valence-corrected chi connectivity index (χ0v) is 18.0. The minimum absolute atomic E-state index is 0.0654. The fourth-order valence-electron chi connectivity index (χ4n) is 4.80. The summed E-state index contributed by atoms with van der Waals surface area (Å²) >= 11 is 0. The van der Waals surface area contributed by atoms with Crippen molar-refractivity contribution in [3.05, 3.63) is 59.2 Å². The lowest BCUT2D eigenvalue weighted by Crippen LogP contribution is -2.30. The molecule has 1 heterocycles. The number of nitrogens with zero attached hydrogens (tertiary/aromatic N) is 2. The molecule has 2 aliphatic rings. The van der Waals surface area contributed by atoms with Gasteiger partial charge in [-0.05, 0) is 49.3 Å². The highest BCUT2D eigenvalue weighted by molar-refractivity contribution is 5.79. The summed E-state index contributed by atoms with van der Waals surface area (Å²) in [6.07, 6.45) is 1.42. The number of fused-ring (bicyclic) bond motifs is 1. The second-order valence-corrected chi connectivity index (χ2v) is 8.67. The molecule has 0 saturated heterocycles. The summed E-state index contributed by atoms with van der Waals surface area (Å²) in [5, 5.41) is 10.2. The highest BCUT2D eigenvalue weighted by Gasteiger charge is 2.41. The summed E-state index contributed by atoms with van der Waals surface area (Å²) in [5.74, 6) is 2.12. The summed E-state index contributed by atoms with van der Waals surface area (Å²) in [6, 6.07) is 16.9. The Bertz CT molecular complexity index is 991. The van der Waals surface area contributed by atoms with Crippen LogP contribution in [0.15, 0.2) is 47.5 Å². The largest absolute Gasteiger partial charge is 0.493 e. The Hall–Kier alpha value is -3.00. The van der Waals surface area contributed by atoms with Gasteiger partial charge in [-0.25, -0.2) is 4.99 Å². The molecule has 0 radical (unpaired) electrons. The molecule has 1 aliphatic carbocycles. The lowest BCUT2D eigenvalue weighted by molar-refractivity contribution is 0.261. The molecule has 0 N–H and O–H groups in total. The number of ether oxygens (including phenoxy) is 3. The number of nitriles is 1. The van der Waals surface area contributed by atoms with Gasteiger partial charge < -0.3 is 14.2 Å². The van der Waals surface area contributed by atoms with Crippen LogP contribution in [0.1, 0.15) is 48.8 Å². The minimum atomic E-state index is -0.284. The Labute approximate surface area is 178 Å². The molecule has 0 saturated carbocycles. The van der Waals surface area contributed by atoms with Crippen molar-refractivity contribution in [2.75, 3.05) is 20.8 Å². The second kappa shape index (κ2) is 8.02. The second-order valence-electron chi connectivity index (χ2n) is 8.67. The Morgan fingerprint density at radius 3 is 2.50 bits per heavy atom. The van der Waals surface area contributed by atoms with E-state index in [1.54, 1.807) is 14.2 Å². The van der Waals surface area contributed by atoms with E-state index in [1.165, 1.54) is 5.56 Å². The van der Waals surface area contributed by atoms with Gasteiger partial charge in [0.2, 0.25) is 0 Å². The Kier molecular flexibility index (Phi) is 5.42. The molecule has 3 unspecified atom stereocenters. The van der Waals surface area contributed by atoms with Crippen molar-refractivity contribution in [2.24, 2.45) is 10.9 Å². The van der Waals surface area contributed by atoms with E-state index in [0.29, 0.717) is 18.8 Å². The maximum Gasteiger partial charge on any atom is 0.184 e. The van der Waals surface area contributed by atoms with E-state index in [2.05, 4.69) is 44.2 Å². The van der Waals surface area contributed by atoms with Crippen LogP contribution in [0.5, 0.6) is 11.5 Å². The van der Waals surface area contributed by atoms with Gasteiger partial charge >= 0.3 is 0 Å². The van der Waals surface area contributed by atoms with E-state index in [9.17, 15) is 5.26 Å². The average Bonchev–Trinajstić information content (AvgIpc) is 3.11. The number of hydrogen-bond acceptors (Lipinski definition) is 5. The van der Waals surface area contributed by atoms with Gasteiger partial charge in [-0.15, -0.1) is 0 Å². The molecule has 1 aliphatic heterocycles. The molecule has 0 spiro atoms. The molecule has 5 nitrogen and oxygen atoms in total. The van der Waals surface area contributed by atoms with E-state index in [1.807, 2.05) is 18.2 Å². The van der Waals surface area contributed by atoms with E-state index in [4.69, 9.17) is 19.2 Å². The van der Waals surface area contributed by atoms with Crippen molar-refractivity contribution in [1.29, 1.82) is 5.26 Å². The van der Waals surface area contributed by atoms with Gasteiger partial charge in [0.25, 0.3) is 0 Å². The molecule has 0 aromatic heterocycles. The van der Waals surface area contributed by atoms with Crippen molar-refractivity contribution < 1.29 is 14.2 Å². The third-order valence-corrected chi connectivity index (χ3v) is 6.19. The van der Waals surface area contributed by atoms with Crippen LogP contribution < -0.4 is 9.47 Å². The first-order valence-corrected chi connectivity index (χ1v) is 10.4. The smallest absolute Gasteiger partial charge is 0.184 e. The van der Waals surface area contributed by atoms with E-state index in [0.717, 1.165) is 29.2 Å². The minimum Gasteiger partial charge on any atom is -0.493 e. The quantitative estimate of drug-likeness (QED) is 0.714. The van der Waals surface area contributed by atoms with Crippen LogP contribution in [-0.2, 0) is 11.2 Å². The Balaban J connectivity index is 1.82. The maximum absolute atomic E-state index is 10.2. The highest BCUT2D eigenvalue weighted by atomic mass is 16.5. The molecule has 5 heteroatoms. The van der Waals surface area contributed by atoms with Gasteiger partial charge in [0.05, 0.1) is 31.7 Å². The molecule has 0 bridgehead atoms. The van der Waals surface area contributed by atoms with Crippen LogP contribution in [-0.4, -0.2) is 32.3 Å². The number of aliphatic imine (C=N–C) groups is 1. The standard InChI is InChI=1S/C25H28N2O3/c1-25(2)15-30-23(27-25)13-19-18(16-8-6-5-7-9-16)12-20-17(21(19)14-26)10-11-22(28-3)24(20)29-4/h5-11,18-19,21H,12-13,15H2,1-4H3. The summed E-state index contributed by atoms with van der Waals surface area (Å²) in [5.41, 5.74) is 3.09. The van der Waals surface area contributed by atoms with Gasteiger partial charge in [-0.1, -0.05) is 36.4 Å². The summed E-state index contributed by atoms with van der Waals surface area (Å²) < 4.78 is 17.2. The first-order valence-electron chi connectivity index (χ1n) is 10.4. The lowest BCUT2D eigenvalue weighted by atomic mass is 9.65. The molecule has 3 atom stereocenters. The van der Waals surface area contributed by atoms with Crippen LogP contribution in [0.4, 0.5) is 0 Å². The van der Waals surface area contributed by atoms with Crippen molar-refractivity contribution >= 4 is 5.90 Å². The van der Waals surface area contributed by atoms with Gasteiger partial charge in [0.1, 0.15) is 6.61 Å². The number of hydrogen-bond donors (Lipinski definition) is 0. The Morgan fingerprint density at radius 2 is 1.90 bits per heavy atom. The third kappa shape index (κ3) is 3.63. The predicted octanol–water partition coefficient (Wildman–Crippen LogP) is 4.86. The number of methoxy groups -OCH3 is 2. The molecule has 2 aromatic carbocycles. The van der Waals surface area contributed by atoms with Gasteiger partial charge in [0.15, 0.2) is 17.4 Å². The van der Waals surface area contributed by atoms with Gasteiger partial charge in [-0.3, -0.25) is 0 Å². The fourth-order valence-corrected chi connectivity index (χ4v) is 4.80. The van der Waals surface area contributed by atoms with Crippen LogP contribution in [0.3, 0.4) is 0 Å². The predicted molar refractivity (Wildman–Crippen MR) is 116 cm³/mol. The molecular formula is C25H28N2O3. The number of rotatable bonds is 5. The van der Waals surface area contributed by atoms with E-state index >= 15 is 0 Å². The lowest BCUT2D eigenvalue weighted by Gasteiger charge is -2.37.